The lowest BCUT2D eigenvalue weighted by Gasteiger charge is -2.28. The molecular weight excluding hydrogens is 384 g/mol. The molecule has 0 spiro atoms. The Labute approximate surface area is 161 Å². The van der Waals surface area contributed by atoms with Crippen molar-refractivity contribution in [3.63, 3.8) is 0 Å². The molecule has 27 heavy (non-hydrogen) atoms. The number of sulfone groups is 1. The summed E-state index contributed by atoms with van der Waals surface area (Å²) in [6.07, 6.45) is 5.06. The highest BCUT2D eigenvalue weighted by molar-refractivity contribution is 7.91. The van der Waals surface area contributed by atoms with Crippen molar-refractivity contribution in [1.29, 1.82) is 0 Å². The molecule has 4 rings (SSSR count). The highest BCUT2D eigenvalue weighted by atomic mass is 32.2. The van der Waals surface area contributed by atoms with Gasteiger partial charge < -0.3 is 9.64 Å². The van der Waals surface area contributed by atoms with E-state index in [9.17, 15) is 8.42 Å². The smallest absolute Gasteiger partial charge is 0.188 e. The predicted molar refractivity (Wildman–Crippen MR) is 106 cm³/mol. The molecule has 0 saturated carbocycles. The Morgan fingerprint density at radius 2 is 1.67 bits per heavy atom. The van der Waals surface area contributed by atoms with Crippen LogP contribution in [0.3, 0.4) is 0 Å². The van der Waals surface area contributed by atoms with E-state index in [4.69, 9.17) is 4.74 Å². The number of ether oxygens (including phenoxy) is 1. The molecule has 9 heteroatoms. The van der Waals surface area contributed by atoms with Gasteiger partial charge in [-0.1, -0.05) is 12.1 Å². The molecule has 0 atom stereocenters. The minimum atomic E-state index is -2.87. The van der Waals surface area contributed by atoms with Crippen LogP contribution < -0.4 is 9.64 Å². The standard InChI is InChI=1S/C18H18N4O3S2/c1-25-15-10-19-17(20-11-15)18-21-12-16(26-18)13-2-4-14(5-3-13)22-6-8-27(23,24)9-7-22/h2-5,10-12H,6-9H2,1H3. The Balaban J connectivity index is 1.50. The zero-order valence-electron chi connectivity index (χ0n) is 14.7. The van der Waals surface area contributed by atoms with E-state index in [-0.39, 0.29) is 11.5 Å². The van der Waals surface area contributed by atoms with Gasteiger partial charge in [-0.15, -0.1) is 11.3 Å². The molecule has 1 aliphatic heterocycles. The van der Waals surface area contributed by atoms with Crippen LogP contribution in [0.2, 0.25) is 0 Å². The fourth-order valence-corrected chi connectivity index (χ4v) is 4.92. The third kappa shape index (κ3) is 3.93. The second-order valence-electron chi connectivity index (χ2n) is 6.16. The molecule has 7 nitrogen and oxygen atoms in total. The van der Waals surface area contributed by atoms with Crippen molar-refractivity contribution in [3.8, 4) is 27.0 Å². The summed E-state index contributed by atoms with van der Waals surface area (Å²) in [4.78, 5) is 16.1. The maximum Gasteiger partial charge on any atom is 0.188 e. The normalized spacial score (nSPS) is 16.3. The minimum absolute atomic E-state index is 0.217. The molecule has 1 saturated heterocycles. The van der Waals surface area contributed by atoms with E-state index in [1.165, 1.54) is 11.3 Å². The highest BCUT2D eigenvalue weighted by Gasteiger charge is 2.21. The number of methoxy groups -OCH3 is 1. The Kier molecular flexibility index (Phi) is 4.79. The summed E-state index contributed by atoms with van der Waals surface area (Å²) >= 11 is 1.52. The van der Waals surface area contributed by atoms with E-state index >= 15 is 0 Å². The molecule has 3 aromatic rings. The summed E-state index contributed by atoms with van der Waals surface area (Å²) in [5.74, 6) is 1.61. The van der Waals surface area contributed by atoms with E-state index in [1.807, 2.05) is 30.5 Å². The summed E-state index contributed by atoms with van der Waals surface area (Å²) in [5.41, 5.74) is 2.09. The van der Waals surface area contributed by atoms with Crippen LogP contribution in [0.15, 0.2) is 42.9 Å². The number of rotatable bonds is 4. The van der Waals surface area contributed by atoms with Crippen molar-refractivity contribution >= 4 is 26.9 Å². The third-order valence-electron chi connectivity index (χ3n) is 4.42. The van der Waals surface area contributed by atoms with Gasteiger partial charge in [-0.2, -0.15) is 0 Å². The van der Waals surface area contributed by atoms with Crippen LogP contribution in [0, 0.1) is 0 Å². The Morgan fingerprint density at radius 3 is 2.30 bits per heavy atom. The van der Waals surface area contributed by atoms with E-state index in [2.05, 4.69) is 19.9 Å². The first kappa shape index (κ1) is 17.9. The molecule has 0 aliphatic carbocycles. The molecule has 2 aromatic heterocycles. The first-order valence-electron chi connectivity index (χ1n) is 8.42. The fourth-order valence-electron chi connectivity index (χ4n) is 2.85. The van der Waals surface area contributed by atoms with Gasteiger partial charge in [-0.25, -0.2) is 23.4 Å². The molecule has 0 N–H and O–H groups in total. The number of hydrogen-bond acceptors (Lipinski definition) is 8. The van der Waals surface area contributed by atoms with Crippen molar-refractivity contribution in [2.45, 2.75) is 0 Å². The number of anilines is 1. The number of thiazole rings is 1. The zero-order valence-corrected chi connectivity index (χ0v) is 16.3. The summed E-state index contributed by atoms with van der Waals surface area (Å²) in [6, 6.07) is 8.11. The zero-order chi connectivity index (χ0) is 18.9. The van der Waals surface area contributed by atoms with Crippen LogP contribution in [-0.4, -0.2) is 55.1 Å². The first-order chi connectivity index (χ1) is 13.0. The molecular formula is C18H18N4O3S2. The molecule has 0 amide bonds. The molecule has 1 fully saturated rings. The van der Waals surface area contributed by atoms with Crippen LogP contribution in [0.4, 0.5) is 5.69 Å². The lowest BCUT2D eigenvalue weighted by Crippen LogP contribution is -2.40. The van der Waals surface area contributed by atoms with Gasteiger partial charge in [0.05, 0.1) is 35.9 Å². The number of hydrogen-bond donors (Lipinski definition) is 0. The van der Waals surface area contributed by atoms with E-state index < -0.39 is 9.84 Å². The number of aromatic nitrogens is 3. The van der Waals surface area contributed by atoms with Crippen molar-refractivity contribution < 1.29 is 13.2 Å². The monoisotopic (exact) mass is 402 g/mol. The quantitative estimate of drug-likeness (QED) is 0.663. The number of nitrogens with zero attached hydrogens (tertiary/aromatic N) is 4. The lowest BCUT2D eigenvalue weighted by molar-refractivity contribution is 0.411. The minimum Gasteiger partial charge on any atom is -0.494 e. The van der Waals surface area contributed by atoms with Gasteiger partial charge in [0, 0.05) is 25.0 Å². The van der Waals surface area contributed by atoms with E-state index in [0.717, 1.165) is 21.1 Å². The third-order valence-corrected chi connectivity index (χ3v) is 7.07. The molecule has 1 aliphatic rings. The summed E-state index contributed by atoms with van der Waals surface area (Å²) in [5, 5.41) is 0.748. The van der Waals surface area contributed by atoms with Gasteiger partial charge in [0.1, 0.15) is 0 Å². The average molecular weight is 403 g/mol. The number of benzene rings is 1. The van der Waals surface area contributed by atoms with E-state index in [0.29, 0.717) is 24.7 Å². The topological polar surface area (TPSA) is 85.3 Å². The van der Waals surface area contributed by atoms with Crippen molar-refractivity contribution in [2.24, 2.45) is 0 Å². The maximum absolute atomic E-state index is 11.6. The average Bonchev–Trinajstić information content (AvgIpc) is 3.18. The summed E-state index contributed by atoms with van der Waals surface area (Å²) in [6.45, 7) is 1.09. The Hall–Kier alpha value is -2.52. The Bertz CT molecular complexity index is 1020. The molecule has 0 radical (unpaired) electrons. The van der Waals surface area contributed by atoms with Gasteiger partial charge >= 0.3 is 0 Å². The second-order valence-corrected chi connectivity index (χ2v) is 9.50. The highest BCUT2D eigenvalue weighted by Crippen LogP contribution is 2.32. The molecule has 0 bridgehead atoms. The van der Waals surface area contributed by atoms with Crippen molar-refractivity contribution in [2.75, 3.05) is 36.6 Å². The molecule has 140 valence electrons. The maximum atomic E-state index is 11.6. The SMILES string of the molecule is COc1cnc(-c2ncc(-c3ccc(N4CCS(=O)(=O)CC4)cc3)s2)nc1. The molecule has 1 aromatic carbocycles. The van der Waals surface area contributed by atoms with Gasteiger partial charge in [0.15, 0.2) is 26.4 Å². The van der Waals surface area contributed by atoms with Crippen LogP contribution >= 0.6 is 11.3 Å². The van der Waals surface area contributed by atoms with Crippen LogP contribution in [0.25, 0.3) is 21.3 Å². The van der Waals surface area contributed by atoms with Crippen LogP contribution in [0.5, 0.6) is 5.75 Å². The molecule has 0 unspecified atom stereocenters. The summed E-state index contributed by atoms with van der Waals surface area (Å²) in [7, 11) is -1.30. The lowest BCUT2D eigenvalue weighted by atomic mass is 10.2. The van der Waals surface area contributed by atoms with Crippen LogP contribution in [0.1, 0.15) is 0 Å². The Morgan fingerprint density at radius 1 is 1.00 bits per heavy atom. The first-order valence-corrected chi connectivity index (χ1v) is 11.1. The fraction of sp³-hybridized carbons (Fsp3) is 0.278. The summed E-state index contributed by atoms with van der Waals surface area (Å²) < 4.78 is 28.2. The van der Waals surface area contributed by atoms with Crippen molar-refractivity contribution in [1.82, 2.24) is 15.0 Å². The van der Waals surface area contributed by atoms with Gasteiger partial charge in [-0.05, 0) is 17.7 Å². The largest absolute Gasteiger partial charge is 0.494 e. The van der Waals surface area contributed by atoms with E-state index in [1.54, 1.807) is 19.5 Å². The predicted octanol–water partition coefficient (Wildman–Crippen LogP) is 2.51. The molecule has 3 heterocycles. The second kappa shape index (κ2) is 7.24. The van der Waals surface area contributed by atoms with Gasteiger partial charge in [-0.3, -0.25) is 0 Å². The van der Waals surface area contributed by atoms with Gasteiger partial charge in [0.25, 0.3) is 0 Å². The van der Waals surface area contributed by atoms with Gasteiger partial charge in [0.2, 0.25) is 0 Å². The van der Waals surface area contributed by atoms with Crippen LogP contribution in [-0.2, 0) is 9.84 Å². The van der Waals surface area contributed by atoms with Crippen molar-refractivity contribution in [3.05, 3.63) is 42.9 Å².